The highest BCUT2D eigenvalue weighted by atomic mass is 32.2. The van der Waals surface area contributed by atoms with Gasteiger partial charge < -0.3 is 10.6 Å². The first-order valence-corrected chi connectivity index (χ1v) is 8.08. The summed E-state index contributed by atoms with van der Waals surface area (Å²) >= 11 is 0. The molecule has 1 aromatic carbocycles. The van der Waals surface area contributed by atoms with E-state index in [4.69, 9.17) is 0 Å². The zero-order valence-electron chi connectivity index (χ0n) is 11.5. The van der Waals surface area contributed by atoms with Crippen LogP contribution in [0.3, 0.4) is 0 Å². The zero-order valence-corrected chi connectivity index (χ0v) is 12.3. The summed E-state index contributed by atoms with van der Waals surface area (Å²) < 4.78 is 22.6. The van der Waals surface area contributed by atoms with E-state index in [1.54, 1.807) is 0 Å². The molecule has 0 aliphatic heterocycles. The van der Waals surface area contributed by atoms with Crippen molar-refractivity contribution in [3.8, 4) is 0 Å². The summed E-state index contributed by atoms with van der Waals surface area (Å²) in [7, 11) is -3.28. The molecule has 110 valence electrons. The highest BCUT2D eigenvalue weighted by molar-refractivity contribution is 7.90. The van der Waals surface area contributed by atoms with Gasteiger partial charge >= 0.3 is 0 Å². The van der Waals surface area contributed by atoms with E-state index in [-0.39, 0.29) is 17.3 Å². The van der Waals surface area contributed by atoms with Crippen molar-refractivity contribution < 1.29 is 18.0 Å². The highest BCUT2D eigenvalue weighted by Crippen LogP contribution is 2.10. The molecule has 0 fully saturated rings. The fourth-order valence-corrected chi connectivity index (χ4v) is 2.07. The van der Waals surface area contributed by atoms with Crippen LogP contribution in [0.25, 0.3) is 0 Å². The van der Waals surface area contributed by atoms with E-state index in [9.17, 15) is 18.0 Å². The molecule has 1 aromatic rings. The fourth-order valence-electron chi connectivity index (χ4n) is 1.44. The fraction of sp³-hybridized carbons (Fsp3) is 0.385. The largest absolute Gasteiger partial charge is 0.355 e. The Morgan fingerprint density at radius 3 is 2.20 bits per heavy atom. The SMILES string of the molecule is CCCNC(=O)CNC(=O)c1ccc(S(C)(=O)=O)cc1. The molecule has 20 heavy (non-hydrogen) atoms. The van der Waals surface area contributed by atoms with E-state index in [0.717, 1.165) is 12.7 Å². The standard InChI is InChI=1S/C13H18N2O4S/c1-3-8-14-12(16)9-15-13(17)10-4-6-11(7-5-10)20(2,18)19/h4-7H,3,8-9H2,1-2H3,(H,14,16)(H,15,17). The topological polar surface area (TPSA) is 92.3 Å². The number of sulfone groups is 1. The number of carbonyl (C=O) groups excluding carboxylic acids is 2. The van der Waals surface area contributed by atoms with Gasteiger partial charge in [0.2, 0.25) is 5.91 Å². The molecule has 0 saturated carbocycles. The maximum atomic E-state index is 11.7. The average Bonchev–Trinajstić information content (AvgIpc) is 2.41. The van der Waals surface area contributed by atoms with Gasteiger partial charge in [0.15, 0.2) is 9.84 Å². The average molecular weight is 298 g/mol. The molecule has 0 spiro atoms. The Balaban J connectivity index is 2.58. The van der Waals surface area contributed by atoms with Gasteiger partial charge in [-0.2, -0.15) is 0 Å². The van der Waals surface area contributed by atoms with Crippen LogP contribution < -0.4 is 10.6 Å². The number of rotatable bonds is 6. The van der Waals surface area contributed by atoms with Crippen LogP contribution in [0.15, 0.2) is 29.2 Å². The third kappa shape index (κ3) is 5.00. The summed E-state index contributed by atoms with van der Waals surface area (Å²) in [5.74, 6) is -0.676. The molecule has 0 atom stereocenters. The quantitative estimate of drug-likeness (QED) is 0.792. The second kappa shape index (κ2) is 7.04. The molecule has 6 nitrogen and oxygen atoms in total. The van der Waals surface area contributed by atoms with E-state index < -0.39 is 15.7 Å². The monoisotopic (exact) mass is 298 g/mol. The molecule has 1 rings (SSSR count). The molecule has 0 aromatic heterocycles. The van der Waals surface area contributed by atoms with Crippen LogP contribution in [-0.4, -0.2) is 39.6 Å². The number of hydrogen-bond acceptors (Lipinski definition) is 4. The Kier molecular flexibility index (Phi) is 5.69. The summed E-state index contributed by atoms with van der Waals surface area (Å²) in [5, 5.41) is 5.10. The lowest BCUT2D eigenvalue weighted by Crippen LogP contribution is -2.37. The smallest absolute Gasteiger partial charge is 0.251 e. The summed E-state index contributed by atoms with van der Waals surface area (Å²) in [4.78, 5) is 23.2. The van der Waals surface area contributed by atoms with E-state index in [0.29, 0.717) is 12.1 Å². The Hall–Kier alpha value is -1.89. The Labute approximate surface area is 118 Å². The summed E-state index contributed by atoms with van der Waals surface area (Å²) in [5.41, 5.74) is 0.306. The number of hydrogen-bond donors (Lipinski definition) is 2. The second-order valence-electron chi connectivity index (χ2n) is 4.33. The van der Waals surface area contributed by atoms with E-state index in [1.165, 1.54) is 24.3 Å². The van der Waals surface area contributed by atoms with Crippen LogP contribution in [0.5, 0.6) is 0 Å². The first-order valence-electron chi connectivity index (χ1n) is 6.19. The minimum Gasteiger partial charge on any atom is -0.355 e. The minimum absolute atomic E-state index is 0.105. The lowest BCUT2D eigenvalue weighted by molar-refractivity contribution is -0.120. The van der Waals surface area contributed by atoms with E-state index >= 15 is 0 Å². The normalized spacial score (nSPS) is 10.9. The lowest BCUT2D eigenvalue weighted by Gasteiger charge is -2.06. The van der Waals surface area contributed by atoms with Crippen molar-refractivity contribution in [3.05, 3.63) is 29.8 Å². The van der Waals surface area contributed by atoms with Crippen LogP contribution in [0.1, 0.15) is 23.7 Å². The number of benzene rings is 1. The predicted molar refractivity (Wildman–Crippen MR) is 75.2 cm³/mol. The van der Waals surface area contributed by atoms with Gasteiger partial charge in [0, 0.05) is 18.4 Å². The van der Waals surface area contributed by atoms with Crippen molar-refractivity contribution in [1.29, 1.82) is 0 Å². The Bertz CT molecular complexity index is 579. The molecular formula is C13H18N2O4S. The highest BCUT2D eigenvalue weighted by Gasteiger charge is 2.10. The number of nitrogens with one attached hydrogen (secondary N) is 2. The van der Waals surface area contributed by atoms with Crippen LogP contribution in [0.4, 0.5) is 0 Å². The molecule has 0 unspecified atom stereocenters. The zero-order chi connectivity index (χ0) is 15.2. The van der Waals surface area contributed by atoms with E-state index in [1.807, 2.05) is 6.92 Å². The molecule has 0 saturated heterocycles. The van der Waals surface area contributed by atoms with Crippen LogP contribution >= 0.6 is 0 Å². The number of carbonyl (C=O) groups is 2. The first kappa shape index (κ1) is 16.2. The van der Waals surface area contributed by atoms with Gasteiger partial charge in [-0.1, -0.05) is 6.92 Å². The van der Waals surface area contributed by atoms with Gasteiger partial charge in [-0.3, -0.25) is 9.59 Å². The molecule has 7 heteroatoms. The third-order valence-electron chi connectivity index (χ3n) is 2.53. The first-order chi connectivity index (χ1) is 9.34. The Morgan fingerprint density at radius 1 is 1.10 bits per heavy atom. The summed E-state index contributed by atoms with van der Waals surface area (Å²) in [6.45, 7) is 2.40. The van der Waals surface area contributed by atoms with Gasteiger partial charge in [0.05, 0.1) is 11.4 Å². The van der Waals surface area contributed by atoms with Crippen molar-refractivity contribution in [2.24, 2.45) is 0 Å². The van der Waals surface area contributed by atoms with Crippen molar-refractivity contribution >= 4 is 21.7 Å². The minimum atomic E-state index is -3.28. The van der Waals surface area contributed by atoms with Crippen molar-refractivity contribution in [3.63, 3.8) is 0 Å². The predicted octanol–water partition coefficient (Wildman–Crippen LogP) is 0.346. The van der Waals surface area contributed by atoms with Gasteiger partial charge in [-0.25, -0.2) is 8.42 Å². The van der Waals surface area contributed by atoms with Gasteiger partial charge in [0.1, 0.15) is 0 Å². The van der Waals surface area contributed by atoms with E-state index in [2.05, 4.69) is 10.6 Å². The van der Waals surface area contributed by atoms with Crippen LogP contribution in [0.2, 0.25) is 0 Å². The lowest BCUT2D eigenvalue weighted by atomic mass is 10.2. The maximum absolute atomic E-state index is 11.7. The van der Waals surface area contributed by atoms with Gasteiger partial charge in [-0.05, 0) is 30.7 Å². The summed E-state index contributed by atoms with van der Waals surface area (Å²) in [6, 6.07) is 5.55. The molecule has 0 heterocycles. The molecule has 2 amide bonds. The van der Waals surface area contributed by atoms with Crippen LogP contribution in [-0.2, 0) is 14.6 Å². The molecule has 0 aliphatic carbocycles. The molecule has 0 aliphatic rings. The van der Waals surface area contributed by atoms with Crippen molar-refractivity contribution in [2.75, 3.05) is 19.3 Å². The molecular weight excluding hydrogens is 280 g/mol. The second-order valence-corrected chi connectivity index (χ2v) is 6.34. The third-order valence-corrected chi connectivity index (χ3v) is 3.65. The molecule has 0 bridgehead atoms. The van der Waals surface area contributed by atoms with Crippen LogP contribution in [0, 0.1) is 0 Å². The maximum Gasteiger partial charge on any atom is 0.251 e. The number of amides is 2. The van der Waals surface area contributed by atoms with Gasteiger partial charge in [-0.15, -0.1) is 0 Å². The molecule has 0 radical (unpaired) electrons. The Morgan fingerprint density at radius 2 is 1.70 bits per heavy atom. The van der Waals surface area contributed by atoms with Crippen molar-refractivity contribution in [2.45, 2.75) is 18.2 Å². The molecule has 2 N–H and O–H groups in total. The summed E-state index contributed by atoms with van der Waals surface area (Å²) in [6.07, 6.45) is 1.92. The van der Waals surface area contributed by atoms with Crippen molar-refractivity contribution in [1.82, 2.24) is 10.6 Å². The van der Waals surface area contributed by atoms with Gasteiger partial charge in [0.25, 0.3) is 5.91 Å².